The molecular formula is C8H9N5O2. The molecule has 0 unspecified atom stereocenters. The standard InChI is InChI=1S/C8H9N5O2/c1-11(2)6-3-4-7-8(5-6)12(14)10-13(15)9-7/h3-5H,1-2H3. The van der Waals surface area contributed by atoms with Crippen LogP contribution < -0.4 is 14.7 Å². The number of hydrogen-bond donors (Lipinski definition) is 0. The third-order valence-electron chi connectivity index (χ3n) is 2.03. The fourth-order valence-corrected chi connectivity index (χ4v) is 1.26. The van der Waals surface area contributed by atoms with E-state index in [1.807, 2.05) is 19.0 Å². The van der Waals surface area contributed by atoms with Crippen LogP contribution >= 0.6 is 0 Å². The van der Waals surface area contributed by atoms with E-state index in [0.717, 1.165) is 5.69 Å². The van der Waals surface area contributed by atoms with Crippen LogP contribution in [-0.4, -0.2) is 24.4 Å². The van der Waals surface area contributed by atoms with Crippen molar-refractivity contribution in [2.45, 2.75) is 0 Å². The number of anilines is 1. The molecule has 0 N–H and O–H groups in total. The fraction of sp³-hybridized carbons (Fsp3) is 0.250. The minimum absolute atomic E-state index is 0.00463. The lowest BCUT2D eigenvalue weighted by Gasteiger charge is -2.10. The van der Waals surface area contributed by atoms with Crippen LogP contribution in [0.15, 0.2) is 18.2 Å². The molecule has 15 heavy (non-hydrogen) atoms. The van der Waals surface area contributed by atoms with E-state index in [4.69, 9.17) is 0 Å². The Labute approximate surface area is 85.3 Å². The van der Waals surface area contributed by atoms with Crippen LogP contribution in [0.2, 0.25) is 0 Å². The molecule has 0 fully saturated rings. The van der Waals surface area contributed by atoms with Crippen LogP contribution in [-0.2, 0) is 0 Å². The van der Waals surface area contributed by atoms with E-state index in [0.29, 0.717) is 5.52 Å². The van der Waals surface area contributed by atoms with Gasteiger partial charge in [0.25, 0.3) is 5.52 Å². The van der Waals surface area contributed by atoms with Crippen molar-refractivity contribution in [3.05, 3.63) is 28.6 Å². The van der Waals surface area contributed by atoms with Gasteiger partial charge < -0.3 is 15.3 Å². The second-order valence-corrected chi connectivity index (χ2v) is 3.28. The molecule has 0 saturated carbocycles. The number of rotatable bonds is 1. The number of nitrogens with zero attached hydrogens (tertiary/aromatic N) is 5. The summed E-state index contributed by atoms with van der Waals surface area (Å²) in [7, 11) is 3.71. The van der Waals surface area contributed by atoms with Crippen molar-refractivity contribution >= 4 is 16.7 Å². The SMILES string of the molecule is CN(C)c1ccc2n[n+]([O-])n[n+]([O-])c2c1. The molecule has 1 aromatic heterocycles. The van der Waals surface area contributed by atoms with Crippen molar-refractivity contribution in [2.75, 3.05) is 19.0 Å². The molecular weight excluding hydrogens is 198 g/mol. The van der Waals surface area contributed by atoms with Crippen molar-refractivity contribution in [3.8, 4) is 0 Å². The Morgan fingerprint density at radius 2 is 2.00 bits per heavy atom. The number of fused-ring (bicyclic) bond motifs is 1. The second-order valence-electron chi connectivity index (χ2n) is 3.28. The van der Waals surface area contributed by atoms with E-state index in [2.05, 4.69) is 10.3 Å². The monoisotopic (exact) mass is 207 g/mol. The largest absolute Gasteiger partial charge is 0.590 e. The molecule has 0 radical (unpaired) electrons. The quantitative estimate of drug-likeness (QED) is 0.440. The molecule has 2 aromatic rings. The topological polar surface area (TPSA) is 82.9 Å². The molecule has 0 aliphatic rings. The van der Waals surface area contributed by atoms with E-state index >= 15 is 0 Å². The molecule has 1 aromatic carbocycles. The zero-order valence-corrected chi connectivity index (χ0v) is 8.28. The summed E-state index contributed by atoms with van der Waals surface area (Å²) in [6.07, 6.45) is 0. The third-order valence-corrected chi connectivity index (χ3v) is 2.03. The lowest BCUT2D eigenvalue weighted by Crippen LogP contribution is -2.50. The minimum Gasteiger partial charge on any atom is -0.590 e. The van der Waals surface area contributed by atoms with Gasteiger partial charge in [0.05, 0.1) is 5.10 Å². The Morgan fingerprint density at radius 1 is 1.27 bits per heavy atom. The normalized spacial score (nSPS) is 10.5. The van der Waals surface area contributed by atoms with Crippen LogP contribution in [0.25, 0.3) is 11.0 Å². The summed E-state index contributed by atoms with van der Waals surface area (Å²) >= 11 is 0. The highest BCUT2D eigenvalue weighted by molar-refractivity contribution is 5.75. The van der Waals surface area contributed by atoms with E-state index in [9.17, 15) is 10.4 Å². The number of benzene rings is 1. The van der Waals surface area contributed by atoms with Crippen molar-refractivity contribution in [1.82, 2.24) is 10.3 Å². The van der Waals surface area contributed by atoms with Crippen LogP contribution in [0.5, 0.6) is 0 Å². The first-order valence-corrected chi connectivity index (χ1v) is 4.27. The average Bonchev–Trinajstić information content (AvgIpc) is 2.16. The first-order chi connectivity index (χ1) is 7.08. The molecule has 0 saturated heterocycles. The predicted molar refractivity (Wildman–Crippen MR) is 51.8 cm³/mol. The van der Waals surface area contributed by atoms with Crippen molar-refractivity contribution < 1.29 is 9.80 Å². The zero-order valence-electron chi connectivity index (χ0n) is 8.28. The molecule has 7 heteroatoms. The summed E-state index contributed by atoms with van der Waals surface area (Å²) in [6.45, 7) is 0. The third kappa shape index (κ3) is 1.58. The second kappa shape index (κ2) is 3.19. The Balaban J connectivity index is 2.71. The highest BCUT2D eigenvalue weighted by atomic mass is 16.6. The lowest BCUT2D eigenvalue weighted by atomic mass is 10.2. The van der Waals surface area contributed by atoms with E-state index < -0.39 is 0 Å². The molecule has 2 rings (SSSR count). The van der Waals surface area contributed by atoms with Gasteiger partial charge in [0, 0.05) is 30.7 Å². The Morgan fingerprint density at radius 3 is 2.67 bits per heavy atom. The lowest BCUT2D eigenvalue weighted by molar-refractivity contribution is -0.863. The Bertz CT molecular complexity index is 514. The molecule has 0 spiro atoms. The predicted octanol–water partition coefficient (Wildman–Crippen LogP) is -1.04. The van der Waals surface area contributed by atoms with E-state index in [1.165, 1.54) is 0 Å². The van der Waals surface area contributed by atoms with Gasteiger partial charge in [-0.2, -0.15) is 0 Å². The first-order valence-electron chi connectivity index (χ1n) is 4.27. The van der Waals surface area contributed by atoms with Gasteiger partial charge in [-0.25, -0.2) is 0 Å². The van der Waals surface area contributed by atoms with Gasteiger partial charge >= 0.3 is 5.21 Å². The van der Waals surface area contributed by atoms with Gasteiger partial charge in [-0.15, -0.1) is 0 Å². The number of hydrogen-bond acceptors (Lipinski definition) is 5. The summed E-state index contributed by atoms with van der Waals surface area (Å²) in [4.78, 5) is 2.12. The van der Waals surface area contributed by atoms with Gasteiger partial charge in [-0.1, -0.05) is 0 Å². The average molecular weight is 207 g/mol. The van der Waals surface area contributed by atoms with Crippen molar-refractivity contribution in [2.24, 2.45) is 0 Å². The Kier molecular flexibility index (Phi) is 2.00. The van der Waals surface area contributed by atoms with Gasteiger partial charge in [0.1, 0.15) is 4.96 Å². The maximum atomic E-state index is 11.3. The summed E-state index contributed by atoms with van der Waals surface area (Å²) in [5.74, 6) is 0. The smallest absolute Gasteiger partial charge is 0.326 e. The summed E-state index contributed by atoms with van der Waals surface area (Å²) in [5.41, 5.74) is 1.44. The highest BCUT2D eigenvalue weighted by Gasteiger charge is 2.14. The van der Waals surface area contributed by atoms with Crippen molar-refractivity contribution in [3.63, 3.8) is 0 Å². The Hall–Kier alpha value is -2.18. The minimum atomic E-state index is 0.00463. The maximum absolute atomic E-state index is 11.3. The van der Waals surface area contributed by atoms with Crippen LogP contribution in [0, 0.1) is 10.4 Å². The fourth-order valence-electron chi connectivity index (χ4n) is 1.26. The highest BCUT2D eigenvalue weighted by Crippen LogP contribution is 2.15. The molecule has 0 amide bonds. The van der Waals surface area contributed by atoms with E-state index in [1.54, 1.807) is 18.2 Å². The summed E-state index contributed by atoms with van der Waals surface area (Å²) < 4.78 is 0. The van der Waals surface area contributed by atoms with Gasteiger partial charge in [0.15, 0.2) is 0 Å². The van der Waals surface area contributed by atoms with E-state index in [-0.39, 0.29) is 15.3 Å². The molecule has 0 aliphatic carbocycles. The molecule has 1 heterocycles. The first kappa shape index (κ1) is 9.38. The molecule has 78 valence electrons. The summed E-state index contributed by atoms with van der Waals surface area (Å²) in [6, 6.07) is 5.01. The molecule has 0 aliphatic heterocycles. The summed E-state index contributed by atoms with van der Waals surface area (Å²) in [5, 5.41) is 28.7. The maximum Gasteiger partial charge on any atom is 0.326 e. The number of aromatic nitrogens is 4. The van der Waals surface area contributed by atoms with Crippen molar-refractivity contribution in [1.29, 1.82) is 0 Å². The van der Waals surface area contributed by atoms with Gasteiger partial charge in [-0.3, -0.25) is 0 Å². The molecule has 0 bridgehead atoms. The van der Waals surface area contributed by atoms with Crippen LogP contribution in [0.4, 0.5) is 5.69 Å². The zero-order chi connectivity index (χ0) is 11.0. The molecule has 0 atom stereocenters. The van der Waals surface area contributed by atoms with Gasteiger partial charge in [0.2, 0.25) is 5.52 Å². The van der Waals surface area contributed by atoms with Gasteiger partial charge in [-0.05, 0) is 12.1 Å². The molecule has 7 nitrogen and oxygen atoms in total. The van der Waals surface area contributed by atoms with Crippen LogP contribution in [0.1, 0.15) is 0 Å². The van der Waals surface area contributed by atoms with Crippen LogP contribution in [0.3, 0.4) is 0 Å².